The maximum atomic E-state index is 6.20. The van der Waals surface area contributed by atoms with Crippen LogP contribution in [0.1, 0.15) is 31.7 Å². The van der Waals surface area contributed by atoms with E-state index < -0.39 is 0 Å². The van der Waals surface area contributed by atoms with Gasteiger partial charge in [0.25, 0.3) is 0 Å². The van der Waals surface area contributed by atoms with Gasteiger partial charge in [0.05, 0.1) is 12.6 Å². The Kier molecular flexibility index (Phi) is 6.81. The predicted molar refractivity (Wildman–Crippen MR) is 82.1 cm³/mol. The molecule has 3 unspecified atom stereocenters. The lowest BCUT2D eigenvalue weighted by Gasteiger charge is -2.37. The SMILES string of the molecule is CCN(C(C)COC)C(c1cc(Br)cs1)C(C)N. The van der Waals surface area contributed by atoms with Crippen molar-refractivity contribution in [3.8, 4) is 0 Å². The number of nitrogens with zero attached hydrogens (tertiary/aromatic N) is 1. The Labute approximate surface area is 122 Å². The molecule has 0 bridgehead atoms. The van der Waals surface area contributed by atoms with Crippen LogP contribution in [0.2, 0.25) is 0 Å². The summed E-state index contributed by atoms with van der Waals surface area (Å²) in [6.07, 6.45) is 0. The summed E-state index contributed by atoms with van der Waals surface area (Å²) in [5.41, 5.74) is 6.20. The monoisotopic (exact) mass is 334 g/mol. The van der Waals surface area contributed by atoms with Crippen molar-refractivity contribution in [1.29, 1.82) is 0 Å². The Morgan fingerprint density at radius 2 is 2.17 bits per heavy atom. The lowest BCUT2D eigenvalue weighted by molar-refractivity contribution is 0.0666. The van der Waals surface area contributed by atoms with Crippen molar-refractivity contribution in [1.82, 2.24) is 4.90 Å². The number of likely N-dealkylation sites (N-methyl/N-ethyl adjacent to an activating group) is 1. The van der Waals surface area contributed by atoms with Gasteiger partial charge in [0.2, 0.25) is 0 Å². The van der Waals surface area contributed by atoms with Gasteiger partial charge < -0.3 is 10.5 Å². The van der Waals surface area contributed by atoms with Gasteiger partial charge in [-0.2, -0.15) is 0 Å². The van der Waals surface area contributed by atoms with Crippen molar-refractivity contribution in [2.24, 2.45) is 5.73 Å². The van der Waals surface area contributed by atoms with Gasteiger partial charge in [-0.15, -0.1) is 11.3 Å². The van der Waals surface area contributed by atoms with Crippen LogP contribution < -0.4 is 5.73 Å². The van der Waals surface area contributed by atoms with E-state index in [0.29, 0.717) is 6.04 Å². The molecule has 3 atom stereocenters. The lowest BCUT2D eigenvalue weighted by Crippen LogP contribution is -2.45. The summed E-state index contributed by atoms with van der Waals surface area (Å²) >= 11 is 5.27. The van der Waals surface area contributed by atoms with Gasteiger partial charge >= 0.3 is 0 Å². The second kappa shape index (κ2) is 7.60. The summed E-state index contributed by atoms with van der Waals surface area (Å²) in [6, 6.07) is 2.86. The molecule has 104 valence electrons. The van der Waals surface area contributed by atoms with Crippen molar-refractivity contribution >= 4 is 27.3 Å². The molecular formula is C13H23BrN2OS. The predicted octanol–water partition coefficient (Wildman–Crippen LogP) is 3.26. The summed E-state index contributed by atoms with van der Waals surface area (Å²) in [6.45, 7) is 8.12. The second-order valence-corrected chi connectivity index (χ2v) is 6.46. The van der Waals surface area contributed by atoms with Crippen LogP contribution >= 0.6 is 27.3 Å². The highest BCUT2D eigenvalue weighted by Crippen LogP contribution is 2.32. The molecule has 1 rings (SSSR count). The standard InChI is InChI=1S/C13H23BrN2OS/c1-5-16(9(2)7-17-4)13(10(3)15)12-6-11(14)8-18-12/h6,8-10,13H,5,7,15H2,1-4H3. The zero-order valence-corrected chi connectivity index (χ0v) is 13.9. The van der Waals surface area contributed by atoms with Crippen LogP contribution in [0.15, 0.2) is 15.9 Å². The van der Waals surface area contributed by atoms with Crippen LogP contribution in [0, 0.1) is 0 Å². The maximum Gasteiger partial charge on any atom is 0.0615 e. The molecule has 0 fully saturated rings. The number of hydrogen-bond acceptors (Lipinski definition) is 4. The van der Waals surface area contributed by atoms with Crippen molar-refractivity contribution in [3.63, 3.8) is 0 Å². The molecule has 5 heteroatoms. The number of nitrogens with two attached hydrogens (primary N) is 1. The van der Waals surface area contributed by atoms with E-state index in [0.717, 1.165) is 17.6 Å². The smallest absolute Gasteiger partial charge is 0.0615 e. The summed E-state index contributed by atoms with van der Waals surface area (Å²) in [5.74, 6) is 0. The van der Waals surface area contributed by atoms with Gasteiger partial charge in [-0.3, -0.25) is 4.90 Å². The third kappa shape index (κ3) is 4.03. The largest absolute Gasteiger partial charge is 0.383 e. The van der Waals surface area contributed by atoms with Crippen molar-refractivity contribution in [2.75, 3.05) is 20.3 Å². The molecule has 3 nitrogen and oxygen atoms in total. The van der Waals surface area contributed by atoms with Crippen LogP contribution in [0.3, 0.4) is 0 Å². The highest BCUT2D eigenvalue weighted by molar-refractivity contribution is 9.10. The number of hydrogen-bond donors (Lipinski definition) is 1. The van der Waals surface area contributed by atoms with Crippen LogP contribution in [0.5, 0.6) is 0 Å². The molecule has 0 aliphatic rings. The number of thiophene rings is 1. The maximum absolute atomic E-state index is 6.20. The Balaban J connectivity index is 2.95. The van der Waals surface area contributed by atoms with Gasteiger partial charge in [0, 0.05) is 33.9 Å². The number of methoxy groups -OCH3 is 1. The van der Waals surface area contributed by atoms with Crippen LogP contribution in [-0.4, -0.2) is 37.2 Å². The van der Waals surface area contributed by atoms with Crippen LogP contribution in [0.25, 0.3) is 0 Å². The molecule has 18 heavy (non-hydrogen) atoms. The highest BCUT2D eigenvalue weighted by Gasteiger charge is 2.27. The molecule has 1 aromatic heterocycles. The summed E-state index contributed by atoms with van der Waals surface area (Å²) in [7, 11) is 1.74. The first-order valence-corrected chi connectivity index (χ1v) is 7.92. The van der Waals surface area contributed by atoms with E-state index in [1.54, 1.807) is 18.4 Å². The average Bonchev–Trinajstić information content (AvgIpc) is 2.71. The average molecular weight is 335 g/mol. The Bertz CT molecular complexity index is 357. The zero-order valence-electron chi connectivity index (χ0n) is 11.5. The molecule has 2 N–H and O–H groups in total. The topological polar surface area (TPSA) is 38.5 Å². The third-order valence-corrected chi connectivity index (χ3v) is 4.84. The van der Waals surface area contributed by atoms with Gasteiger partial charge in [-0.25, -0.2) is 0 Å². The molecule has 0 saturated carbocycles. The molecule has 0 amide bonds. The molecule has 0 aliphatic heterocycles. The summed E-state index contributed by atoms with van der Waals surface area (Å²) < 4.78 is 6.40. The Morgan fingerprint density at radius 1 is 1.50 bits per heavy atom. The molecule has 0 spiro atoms. The molecule has 1 heterocycles. The first-order chi connectivity index (χ1) is 8.51. The Hall–Kier alpha value is 0.0600. The molecule has 0 saturated heterocycles. The fourth-order valence-electron chi connectivity index (χ4n) is 2.33. The summed E-state index contributed by atoms with van der Waals surface area (Å²) in [4.78, 5) is 3.72. The van der Waals surface area contributed by atoms with Crippen molar-refractivity contribution in [3.05, 3.63) is 20.8 Å². The third-order valence-electron chi connectivity index (χ3n) is 3.07. The quantitative estimate of drug-likeness (QED) is 0.831. The van der Waals surface area contributed by atoms with E-state index >= 15 is 0 Å². The molecule has 1 aromatic rings. The normalized spacial score (nSPS) is 16.8. The van der Waals surface area contributed by atoms with Gasteiger partial charge in [-0.05, 0) is 42.4 Å². The second-order valence-electron chi connectivity index (χ2n) is 4.61. The van der Waals surface area contributed by atoms with Crippen molar-refractivity contribution < 1.29 is 4.74 Å². The first-order valence-electron chi connectivity index (χ1n) is 6.25. The fraction of sp³-hybridized carbons (Fsp3) is 0.692. The highest BCUT2D eigenvalue weighted by atomic mass is 79.9. The van der Waals surface area contributed by atoms with E-state index in [1.807, 2.05) is 0 Å². The minimum absolute atomic E-state index is 0.0924. The van der Waals surface area contributed by atoms with E-state index in [2.05, 4.69) is 53.0 Å². The molecular weight excluding hydrogens is 312 g/mol. The van der Waals surface area contributed by atoms with Gasteiger partial charge in [0.15, 0.2) is 0 Å². The molecule has 0 aliphatic carbocycles. The van der Waals surface area contributed by atoms with Crippen LogP contribution in [0.4, 0.5) is 0 Å². The molecule has 0 radical (unpaired) electrons. The first kappa shape index (κ1) is 16.1. The van der Waals surface area contributed by atoms with E-state index in [4.69, 9.17) is 10.5 Å². The lowest BCUT2D eigenvalue weighted by atomic mass is 10.0. The van der Waals surface area contributed by atoms with Crippen LogP contribution in [-0.2, 0) is 4.74 Å². The van der Waals surface area contributed by atoms with Gasteiger partial charge in [0.1, 0.15) is 0 Å². The van der Waals surface area contributed by atoms with E-state index in [1.165, 1.54) is 4.88 Å². The number of ether oxygens (including phenoxy) is 1. The fourth-order valence-corrected chi connectivity index (χ4v) is 4.01. The number of halogens is 1. The van der Waals surface area contributed by atoms with Gasteiger partial charge in [-0.1, -0.05) is 6.92 Å². The summed E-state index contributed by atoms with van der Waals surface area (Å²) in [5, 5.41) is 2.11. The minimum Gasteiger partial charge on any atom is -0.383 e. The van der Waals surface area contributed by atoms with Crippen molar-refractivity contribution in [2.45, 2.75) is 38.9 Å². The Morgan fingerprint density at radius 3 is 2.56 bits per heavy atom. The molecule has 0 aromatic carbocycles. The van der Waals surface area contributed by atoms with E-state index in [9.17, 15) is 0 Å². The zero-order chi connectivity index (χ0) is 13.7. The van der Waals surface area contributed by atoms with E-state index in [-0.39, 0.29) is 12.1 Å². The minimum atomic E-state index is 0.0924. The number of rotatable bonds is 7.